The monoisotopic (exact) mass is 500 g/mol. The standard InChI is InChI=1S/C20H24N2O13/c1-8(23)31-7-15(33-10(3)25)17(35-12(5)27)16(34-11(4)26)14(32-9(2)24)6-13-18(28)21-20(30)22-19(13)29/h6,14-17H,7H2,1-5H3,(H2,21,22,28,29,30)/t14-,15+,16-,17-/m0/s1. The lowest BCUT2D eigenvalue weighted by Gasteiger charge is -2.34. The summed E-state index contributed by atoms with van der Waals surface area (Å²) in [5, 5.41) is 3.61. The topological polar surface area (TPSA) is 207 Å². The molecular weight excluding hydrogens is 476 g/mol. The third-order valence-corrected chi connectivity index (χ3v) is 3.96. The van der Waals surface area contributed by atoms with Crippen LogP contribution in [-0.2, 0) is 57.2 Å². The molecule has 2 N–H and O–H groups in total. The molecule has 4 amide bonds. The summed E-state index contributed by atoms with van der Waals surface area (Å²) < 4.78 is 25.4. The van der Waals surface area contributed by atoms with E-state index in [1.165, 1.54) is 0 Å². The van der Waals surface area contributed by atoms with E-state index in [0.717, 1.165) is 40.7 Å². The number of barbiturate groups is 1. The number of ether oxygens (including phenoxy) is 5. The van der Waals surface area contributed by atoms with Crippen molar-refractivity contribution in [1.82, 2.24) is 10.6 Å². The molecule has 1 rings (SSSR count). The fraction of sp³-hybridized carbons (Fsp3) is 0.500. The van der Waals surface area contributed by atoms with Gasteiger partial charge in [-0.05, 0) is 6.08 Å². The number of hydrogen-bond donors (Lipinski definition) is 2. The van der Waals surface area contributed by atoms with Gasteiger partial charge in [-0.25, -0.2) is 4.79 Å². The molecular formula is C20H24N2O13. The van der Waals surface area contributed by atoms with Gasteiger partial charge in [0.1, 0.15) is 12.2 Å². The van der Waals surface area contributed by atoms with Crippen LogP contribution in [0.2, 0.25) is 0 Å². The highest BCUT2D eigenvalue weighted by molar-refractivity contribution is 6.28. The second-order valence-electron chi connectivity index (χ2n) is 6.99. The number of nitrogens with one attached hydrogen (secondary N) is 2. The second kappa shape index (κ2) is 12.8. The first-order valence-electron chi connectivity index (χ1n) is 9.92. The summed E-state index contributed by atoms with van der Waals surface area (Å²) in [4.78, 5) is 94.2. The van der Waals surface area contributed by atoms with Crippen LogP contribution in [0.3, 0.4) is 0 Å². The maximum atomic E-state index is 12.2. The number of carbonyl (C=O) groups is 8. The summed E-state index contributed by atoms with van der Waals surface area (Å²) in [5.41, 5.74) is -0.710. The first-order valence-corrected chi connectivity index (χ1v) is 9.92. The predicted octanol–water partition coefficient (Wildman–Crippen LogP) is -1.43. The number of esters is 5. The van der Waals surface area contributed by atoms with E-state index in [1.807, 2.05) is 0 Å². The van der Waals surface area contributed by atoms with Crippen molar-refractivity contribution >= 4 is 47.7 Å². The Morgan fingerprint density at radius 2 is 1.14 bits per heavy atom. The van der Waals surface area contributed by atoms with Gasteiger partial charge < -0.3 is 23.7 Å². The van der Waals surface area contributed by atoms with E-state index >= 15 is 0 Å². The number of amides is 4. The number of rotatable bonds is 10. The lowest BCUT2D eigenvalue weighted by atomic mass is 9.99. The molecule has 15 nitrogen and oxygen atoms in total. The Labute approximate surface area is 198 Å². The predicted molar refractivity (Wildman–Crippen MR) is 109 cm³/mol. The molecule has 0 aromatic heterocycles. The van der Waals surface area contributed by atoms with Crippen molar-refractivity contribution in [1.29, 1.82) is 0 Å². The molecule has 0 aromatic carbocycles. The summed E-state index contributed by atoms with van der Waals surface area (Å²) in [6, 6.07) is -1.10. The molecule has 0 bridgehead atoms. The highest BCUT2D eigenvalue weighted by Gasteiger charge is 2.44. The van der Waals surface area contributed by atoms with Gasteiger partial charge in [-0.15, -0.1) is 0 Å². The summed E-state index contributed by atoms with van der Waals surface area (Å²) >= 11 is 0. The van der Waals surface area contributed by atoms with Crippen LogP contribution in [0.15, 0.2) is 11.6 Å². The Kier molecular flexibility index (Phi) is 10.5. The molecule has 0 unspecified atom stereocenters. The minimum atomic E-state index is -1.83. The zero-order valence-corrected chi connectivity index (χ0v) is 19.4. The average Bonchev–Trinajstić information content (AvgIpc) is 2.68. The molecule has 1 saturated heterocycles. The van der Waals surface area contributed by atoms with Crippen LogP contribution >= 0.6 is 0 Å². The largest absolute Gasteiger partial charge is 0.462 e. The van der Waals surface area contributed by atoms with Gasteiger partial charge >= 0.3 is 35.9 Å². The van der Waals surface area contributed by atoms with E-state index in [1.54, 1.807) is 10.6 Å². The fourth-order valence-electron chi connectivity index (χ4n) is 2.85. The second-order valence-corrected chi connectivity index (χ2v) is 6.99. The van der Waals surface area contributed by atoms with E-state index in [2.05, 4.69) is 0 Å². The molecule has 15 heteroatoms. The molecule has 0 radical (unpaired) electrons. The van der Waals surface area contributed by atoms with Crippen LogP contribution in [0.25, 0.3) is 0 Å². The van der Waals surface area contributed by atoms with Crippen molar-refractivity contribution in [2.45, 2.75) is 59.0 Å². The Morgan fingerprint density at radius 3 is 1.57 bits per heavy atom. The van der Waals surface area contributed by atoms with Crippen molar-refractivity contribution in [3.8, 4) is 0 Å². The summed E-state index contributed by atoms with van der Waals surface area (Å²) in [7, 11) is 0. The molecule has 1 aliphatic rings. The van der Waals surface area contributed by atoms with Crippen molar-refractivity contribution in [2.75, 3.05) is 6.61 Å². The Hall–Kier alpha value is -4.30. The molecule has 192 valence electrons. The SMILES string of the molecule is CC(=O)OC[C@@H](OC(C)=O)[C@H](OC(C)=O)[C@@H](OC(C)=O)[C@H](C=C1C(=O)NC(=O)NC1=O)OC(C)=O. The highest BCUT2D eigenvalue weighted by Crippen LogP contribution is 2.22. The zero-order valence-electron chi connectivity index (χ0n) is 19.4. The van der Waals surface area contributed by atoms with Gasteiger partial charge in [0.25, 0.3) is 11.8 Å². The molecule has 0 aliphatic carbocycles. The van der Waals surface area contributed by atoms with Gasteiger partial charge in [0.15, 0.2) is 24.4 Å². The van der Waals surface area contributed by atoms with Gasteiger partial charge in [0.05, 0.1) is 0 Å². The fourth-order valence-corrected chi connectivity index (χ4v) is 2.85. The molecule has 0 aromatic rings. The van der Waals surface area contributed by atoms with Crippen LogP contribution in [0.5, 0.6) is 0 Å². The zero-order chi connectivity index (χ0) is 26.9. The number of carbonyl (C=O) groups excluding carboxylic acids is 8. The lowest BCUT2D eigenvalue weighted by molar-refractivity contribution is -0.199. The Bertz CT molecular complexity index is 933. The van der Waals surface area contributed by atoms with E-state index < -0.39 is 84.3 Å². The van der Waals surface area contributed by atoms with E-state index in [4.69, 9.17) is 23.7 Å². The molecule has 4 atom stereocenters. The van der Waals surface area contributed by atoms with Gasteiger partial charge in [-0.3, -0.25) is 44.2 Å². The van der Waals surface area contributed by atoms with Gasteiger partial charge in [0, 0.05) is 34.6 Å². The number of hydrogen-bond acceptors (Lipinski definition) is 13. The van der Waals surface area contributed by atoms with Gasteiger partial charge in [0.2, 0.25) is 0 Å². The van der Waals surface area contributed by atoms with E-state index in [0.29, 0.717) is 0 Å². The summed E-state index contributed by atoms with van der Waals surface area (Å²) in [6.07, 6.45) is -6.23. The normalized spacial score (nSPS) is 16.4. The molecule has 1 aliphatic heterocycles. The smallest absolute Gasteiger partial charge is 0.328 e. The van der Waals surface area contributed by atoms with Crippen molar-refractivity contribution < 1.29 is 62.0 Å². The summed E-state index contributed by atoms with van der Waals surface area (Å²) in [5.74, 6) is -7.00. The van der Waals surface area contributed by atoms with Gasteiger partial charge in [-0.1, -0.05) is 0 Å². The summed E-state index contributed by atoms with van der Waals surface area (Å²) in [6.45, 7) is 4.21. The van der Waals surface area contributed by atoms with Crippen molar-refractivity contribution in [3.63, 3.8) is 0 Å². The molecule has 35 heavy (non-hydrogen) atoms. The minimum Gasteiger partial charge on any atom is -0.462 e. The van der Waals surface area contributed by atoms with Crippen LogP contribution in [0.1, 0.15) is 34.6 Å². The number of imide groups is 2. The lowest BCUT2D eigenvalue weighted by Crippen LogP contribution is -2.54. The van der Waals surface area contributed by atoms with Crippen LogP contribution < -0.4 is 10.6 Å². The maximum absolute atomic E-state index is 12.2. The third-order valence-electron chi connectivity index (χ3n) is 3.96. The van der Waals surface area contributed by atoms with E-state index in [-0.39, 0.29) is 0 Å². The van der Waals surface area contributed by atoms with Gasteiger partial charge in [-0.2, -0.15) is 0 Å². The van der Waals surface area contributed by atoms with Crippen LogP contribution in [-0.4, -0.2) is 78.7 Å². The number of urea groups is 1. The van der Waals surface area contributed by atoms with Crippen LogP contribution in [0, 0.1) is 0 Å². The molecule has 0 spiro atoms. The highest BCUT2D eigenvalue weighted by atomic mass is 16.6. The first kappa shape index (κ1) is 28.7. The first-order chi connectivity index (χ1) is 16.2. The van der Waals surface area contributed by atoms with Crippen molar-refractivity contribution in [3.05, 3.63) is 11.6 Å². The minimum absolute atomic E-state index is 0.677. The average molecular weight is 500 g/mol. The quantitative estimate of drug-likeness (QED) is 0.153. The molecule has 0 saturated carbocycles. The third kappa shape index (κ3) is 9.61. The van der Waals surface area contributed by atoms with Crippen molar-refractivity contribution in [2.24, 2.45) is 0 Å². The molecule has 1 heterocycles. The Morgan fingerprint density at radius 1 is 0.686 bits per heavy atom. The van der Waals surface area contributed by atoms with E-state index in [9.17, 15) is 38.4 Å². The maximum Gasteiger partial charge on any atom is 0.328 e. The van der Waals surface area contributed by atoms with Crippen LogP contribution in [0.4, 0.5) is 4.79 Å². The molecule has 1 fully saturated rings. The Balaban J connectivity index is 3.65.